The van der Waals surface area contributed by atoms with Crippen molar-refractivity contribution < 1.29 is 4.48 Å². The number of hydrogen-bond donors (Lipinski definition) is 0. The lowest BCUT2D eigenvalue weighted by Crippen LogP contribution is -2.65. The summed E-state index contributed by atoms with van der Waals surface area (Å²) in [4.78, 5) is 0. The van der Waals surface area contributed by atoms with Gasteiger partial charge in [-0.05, 0) is 11.6 Å². The summed E-state index contributed by atoms with van der Waals surface area (Å²) in [5, 5.41) is 0. The maximum Gasteiger partial charge on any atom is 0.120 e. The van der Waals surface area contributed by atoms with E-state index in [1.165, 1.54) is 17.7 Å². The van der Waals surface area contributed by atoms with Gasteiger partial charge in [0.1, 0.15) is 12.6 Å². The van der Waals surface area contributed by atoms with Crippen LogP contribution in [0.15, 0.2) is 73.3 Å². The van der Waals surface area contributed by atoms with E-state index < -0.39 is 0 Å². The minimum absolute atomic E-state index is 0.512. The standard InChI is InChI=1S/C19H22N/c1-3-19-18(17-12-8-5-9-13-17)15-20(19,2)14-16-10-6-4-7-11-16/h3-13,18-19H,1,14-15H2,2H3/q+1/t18-,19+,20?/m0/s1. The fourth-order valence-corrected chi connectivity index (χ4v) is 3.57. The Kier molecular flexibility index (Phi) is 3.45. The molecule has 1 aliphatic rings. The molecular formula is C19H22N+. The Morgan fingerprint density at radius 3 is 2.25 bits per heavy atom. The van der Waals surface area contributed by atoms with Gasteiger partial charge in [-0.15, -0.1) is 0 Å². The molecule has 102 valence electrons. The third-order valence-electron chi connectivity index (χ3n) is 4.60. The average Bonchev–Trinajstić information content (AvgIpc) is 2.47. The predicted octanol–water partition coefficient (Wildman–Crippen LogP) is 3.99. The SMILES string of the molecule is C=C[C@@H]1[C@H](c2ccccc2)C[N+]1(C)Cc1ccccc1. The highest BCUT2D eigenvalue weighted by Gasteiger charge is 2.50. The second-order valence-corrected chi connectivity index (χ2v) is 6.05. The van der Waals surface area contributed by atoms with Gasteiger partial charge in [0.15, 0.2) is 0 Å². The second-order valence-electron chi connectivity index (χ2n) is 6.05. The molecule has 0 radical (unpaired) electrons. The normalized spacial score (nSPS) is 28.6. The molecule has 1 unspecified atom stereocenters. The maximum absolute atomic E-state index is 4.08. The van der Waals surface area contributed by atoms with Crippen LogP contribution >= 0.6 is 0 Å². The average molecular weight is 264 g/mol. The number of likely N-dealkylation sites (tertiary alicyclic amines) is 1. The Morgan fingerprint density at radius 1 is 1.05 bits per heavy atom. The monoisotopic (exact) mass is 264 g/mol. The van der Waals surface area contributed by atoms with E-state index in [1.807, 2.05) is 0 Å². The van der Waals surface area contributed by atoms with Crippen molar-refractivity contribution in [2.75, 3.05) is 13.6 Å². The molecule has 1 saturated heterocycles. The molecule has 2 aromatic rings. The minimum atomic E-state index is 0.512. The Labute approximate surface area is 121 Å². The molecule has 2 aromatic carbocycles. The molecule has 0 amide bonds. The zero-order valence-electron chi connectivity index (χ0n) is 12.1. The molecule has 0 aliphatic carbocycles. The molecule has 3 rings (SSSR count). The first-order valence-corrected chi connectivity index (χ1v) is 7.28. The Hall–Kier alpha value is -1.86. The zero-order chi connectivity index (χ0) is 14.0. The third-order valence-corrected chi connectivity index (χ3v) is 4.60. The van der Waals surface area contributed by atoms with E-state index in [1.54, 1.807) is 0 Å². The van der Waals surface area contributed by atoms with Crippen LogP contribution in [0.2, 0.25) is 0 Å². The number of benzene rings is 2. The highest BCUT2D eigenvalue weighted by Crippen LogP contribution is 2.41. The van der Waals surface area contributed by atoms with Crippen LogP contribution in [0.3, 0.4) is 0 Å². The van der Waals surface area contributed by atoms with Crippen molar-refractivity contribution in [1.29, 1.82) is 0 Å². The van der Waals surface area contributed by atoms with Crippen molar-refractivity contribution in [1.82, 2.24) is 0 Å². The molecule has 1 nitrogen and oxygen atoms in total. The number of likely N-dealkylation sites (N-methyl/N-ethyl adjacent to an activating group) is 1. The molecule has 0 bridgehead atoms. The molecule has 0 aromatic heterocycles. The first-order chi connectivity index (χ1) is 9.73. The van der Waals surface area contributed by atoms with E-state index in [0.29, 0.717) is 12.0 Å². The van der Waals surface area contributed by atoms with Crippen molar-refractivity contribution in [3.63, 3.8) is 0 Å². The van der Waals surface area contributed by atoms with Gasteiger partial charge in [-0.2, -0.15) is 0 Å². The molecule has 0 spiro atoms. The summed E-state index contributed by atoms with van der Waals surface area (Å²) in [5.74, 6) is 0.613. The van der Waals surface area contributed by atoms with E-state index in [2.05, 4.69) is 80.4 Å². The summed E-state index contributed by atoms with van der Waals surface area (Å²) in [6.07, 6.45) is 2.14. The molecule has 0 saturated carbocycles. The van der Waals surface area contributed by atoms with Crippen LogP contribution in [-0.2, 0) is 6.54 Å². The van der Waals surface area contributed by atoms with E-state index in [4.69, 9.17) is 0 Å². The summed E-state index contributed by atoms with van der Waals surface area (Å²) >= 11 is 0. The molecule has 0 N–H and O–H groups in total. The summed E-state index contributed by atoms with van der Waals surface area (Å²) in [6.45, 7) is 6.35. The third kappa shape index (κ3) is 2.30. The Balaban J connectivity index is 1.78. The zero-order valence-corrected chi connectivity index (χ0v) is 12.1. The summed E-state index contributed by atoms with van der Waals surface area (Å²) < 4.78 is 1.06. The first-order valence-electron chi connectivity index (χ1n) is 7.28. The molecule has 1 heteroatoms. The van der Waals surface area contributed by atoms with Gasteiger partial charge in [0.25, 0.3) is 0 Å². The van der Waals surface area contributed by atoms with Crippen molar-refractivity contribution in [2.45, 2.75) is 18.5 Å². The lowest BCUT2D eigenvalue weighted by molar-refractivity contribution is -0.981. The van der Waals surface area contributed by atoms with Gasteiger partial charge in [0.05, 0.1) is 19.5 Å². The van der Waals surface area contributed by atoms with Gasteiger partial charge in [0, 0.05) is 5.56 Å². The van der Waals surface area contributed by atoms with Gasteiger partial charge < -0.3 is 4.48 Å². The molecule has 1 fully saturated rings. The van der Waals surface area contributed by atoms with Crippen LogP contribution in [0.1, 0.15) is 17.0 Å². The number of rotatable bonds is 4. The van der Waals surface area contributed by atoms with E-state index >= 15 is 0 Å². The number of nitrogens with zero attached hydrogens (tertiary/aromatic N) is 1. The van der Waals surface area contributed by atoms with Crippen LogP contribution in [0.25, 0.3) is 0 Å². The highest BCUT2D eigenvalue weighted by atomic mass is 15.4. The molecule has 20 heavy (non-hydrogen) atoms. The molecule has 3 atom stereocenters. The maximum atomic E-state index is 4.08. The van der Waals surface area contributed by atoms with Crippen molar-refractivity contribution in [3.8, 4) is 0 Å². The summed E-state index contributed by atoms with van der Waals surface area (Å²) in [6, 6.07) is 22.1. The van der Waals surface area contributed by atoms with Crippen molar-refractivity contribution >= 4 is 0 Å². The van der Waals surface area contributed by atoms with Crippen LogP contribution in [-0.4, -0.2) is 24.1 Å². The lowest BCUT2D eigenvalue weighted by atomic mass is 9.79. The topological polar surface area (TPSA) is 0 Å². The van der Waals surface area contributed by atoms with E-state index in [9.17, 15) is 0 Å². The summed E-state index contributed by atoms with van der Waals surface area (Å²) in [7, 11) is 2.35. The van der Waals surface area contributed by atoms with Crippen molar-refractivity contribution in [2.24, 2.45) is 0 Å². The molecule has 1 aliphatic heterocycles. The van der Waals surface area contributed by atoms with Crippen LogP contribution in [0.4, 0.5) is 0 Å². The van der Waals surface area contributed by atoms with Gasteiger partial charge in [-0.3, -0.25) is 0 Å². The largest absolute Gasteiger partial charge is 0.315 e. The highest BCUT2D eigenvalue weighted by molar-refractivity contribution is 5.25. The molecular weight excluding hydrogens is 242 g/mol. The van der Waals surface area contributed by atoms with Crippen molar-refractivity contribution in [3.05, 3.63) is 84.4 Å². The second kappa shape index (κ2) is 5.26. The van der Waals surface area contributed by atoms with Gasteiger partial charge >= 0.3 is 0 Å². The quantitative estimate of drug-likeness (QED) is 0.578. The van der Waals surface area contributed by atoms with Gasteiger partial charge in [0.2, 0.25) is 0 Å². The van der Waals surface area contributed by atoms with E-state index in [0.717, 1.165) is 11.0 Å². The smallest absolute Gasteiger partial charge is 0.120 e. The lowest BCUT2D eigenvalue weighted by Gasteiger charge is -2.54. The number of quaternary nitrogens is 1. The summed E-state index contributed by atoms with van der Waals surface area (Å²) in [5.41, 5.74) is 2.86. The first kappa shape index (κ1) is 13.1. The fourth-order valence-electron chi connectivity index (χ4n) is 3.57. The van der Waals surface area contributed by atoms with Gasteiger partial charge in [-0.25, -0.2) is 0 Å². The Morgan fingerprint density at radius 2 is 1.65 bits per heavy atom. The van der Waals surface area contributed by atoms with Gasteiger partial charge in [-0.1, -0.05) is 67.2 Å². The van der Waals surface area contributed by atoms with Crippen LogP contribution in [0.5, 0.6) is 0 Å². The Bertz CT molecular complexity index is 575. The van der Waals surface area contributed by atoms with E-state index in [-0.39, 0.29) is 0 Å². The molecule has 1 heterocycles. The van der Waals surface area contributed by atoms with Crippen LogP contribution in [0, 0.1) is 0 Å². The van der Waals surface area contributed by atoms with Crippen LogP contribution < -0.4 is 0 Å². The fraction of sp³-hybridized carbons (Fsp3) is 0.263. The number of hydrogen-bond acceptors (Lipinski definition) is 0. The predicted molar refractivity (Wildman–Crippen MR) is 84.4 cm³/mol. The minimum Gasteiger partial charge on any atom is -0.315 e.